The number of aryl methyl sites for hydroxylation is 1. The second-order valence-corrected chi connectivity index (χ2v) is 3.34. The largest absolute Gasteiger partial charge is 0.294 e. The van der Waals surface area contributed by atoms with Crippen LogP contribution in [0.5, 0.6) is 0 Å². The van der Waals surface area contributed by atoms with Gasteiger partial charge in [0.1, 0.15) is 0 Å². The molecule has 0 saturated heterocycles. The molecule has 0 spiro atoms. The van der Waals surface area contributed by atoms with Crippen molar-refractivity contribution in [2.24, 2.45) is 7.05 Å². The van der Waals surface area contributed by atoms with Crippen LogP contribution < -0.4 is 0 Å². The van der Waals surface area contributed by atoms with E-state index in [9.17, 15) is 4.79 Å². The molecule has 1 aliphatic rings. The van der Waals surface area contributed by atoms with Crippen molar-refractivity contribution >= 4 is 11.4 Å². The normalized spacial score (nSPS) is 17.3. The number of ketones is 1. The van der Waals surface area contributed by atoms with E-state index < -0.39 is 0 Å². The average Bonchev–Trinajstić information content (AvgIpc) is 2.53. The van der Waals surface area contributed by atoms with Gasteiger partial charge < -0.3 is 0 Å². The van der Waals surface area contributed by atoms with Gasteiger partial charge in [0.25, 0.3) is 0 Å². The summed E-state index contributed by atoms with van der Waals surface area (Å²) in [6, 6.07) is 0. The molecule has 0 unspecified atom stereocenters. The number of Topliss-reactive ketones (excluding diaryl/α,β-unsaturated/α-hetero) is 1. The summed E-state index contributed by atoms with van der Waals surface area (Å²) in [7, 11) is 1.86. The van der Waals surface area contributed by atoms with Crippen LogP contribution in [-0.4, -0.2) is 15.6 Å². The monoisotopic (exact) mass is 176 g/mol. The highest BCUT2D eigenvalue weighted by Crippen LogP contribution is 2.22. The number of aromatic nitrogens is 2. The Hall–Kier alpha value is -1.38. The number of carbonyl (C=O) groups excluding carboxylic acids is 1. The second-order valence-electron chi connectivity index (χ2n) is 3.34. The van der Waals surface area contributed by atoms with Crippen molar-refractivity contribution in [1.82, 2.24) is 9.78 Å². The van der Waals surface area contributed by atoms with E-state index in [1.165, 1.54) is 0 Å². The van der Waals surface area contributed by atoms with Gasteiger partial charge in [-0.15, -0.1) is 0 Å². The van der Waals surface area contributed by atoms with Crippen LogP contribution in [0.3, 0.4) is 0 Å². The van der Waals surface area contributed by atoms with Crippen LogP contribution in [-0.2, 0) is 11.8 Å². The van der Waals surface area contributed by atoms with Crippen molar-refractivity contribution in [1.29, 1.82) is 0 Å². The Morgan fingerprint density at radius 2 is 2.38 bits per heavy atom. The molecule has 3 nitrogen and oxygen atoms in total. The quantitative estimate of drug-likeness (QED) is 0.650. The minimum Gasteiger partial charge on any atom is -0.294 e. The lowest BCUT2D eigenvalue weighted by Crippen LogP contribution is -2.05. The van der Waals surface area contributed by atoms with Crippen molar-refractivity contribution in [3.8, 4) is 0 Å². The summed E-state index contributed by atoms with van der Waals surface area (Å²) in [5.41, 5.74) is 1.80. The molecule has 3 heteroatoms. The molecule has 1 aliphatic carbocycles. The van der Waals surface area contributed by atoms with E-state index in [1.807, 2.05) is 19.3 Å². The van der Waals surface area contributed by atoms with Crippen molar-refractivity contribution in [3.63, 3.8) is 0 Å². The van der Waals surface area contributed by atoms with Crippen molar-refractivity contribution in [3.05, 3.63) is 24.0 Å². The summed E-state index contributed by atoms with van der Waals surface area (Å²) in [5.74, 6) is 0.249. The fourth-order valence-electron chi connectivity index (χ4n) is 1.60. The van der Waals surface area contributed by atoms with E-state index >= 15 is 0 Å². The number of hydrogen-bond acceptors (Lipinski definition) is 2. The molecule has 1 aromatic rings. The van der Waals surface area contributed by atoms with E-state index in [1.54, 1.807) is 10.9 Å². The molecular formula is C10H12N2O. The molecule has 0 atom stereocenters. The van der Waals surface area contributed by atoms with Gasteiger partial charge in [-0.2, -0.15) is 5.10 Å². The zero-order valence-electron chi connectivity index (χ0n) is 7.66. The molecule has 68 valence electrons. The minimum absolute atomic E-state index is 0.249. The molecule has 13 heavy (non-hydrogen) atoms. The maximum Gasteiger partial charge on any atom is 0.163 e. The Bertz CT molecular complexity index is 363. The molecule has 1 heterocycles. The smallest absolute Gasteiger partial charge is 0.163 e. The van der Waals surface area contributed by atoms with E-state index in [0.717, 1.165) is 24.0 Å². The van der Waals surface area contributed by atoms with Gasteiger partial charge in [-0.25, -0.2) is 0 Å². The number of hydrogen-bond donors (Lipinski definition) is 0. The second kappa shape index (κ2) is 3.17. The minimum atomic E-state index is 0.249. The number of nitrogens with zero attached hydrogens (tertiary/aromatic N) is 2. The lowest BCUT2D eigenvalue weighted by molar-refractivity contribution is -0.114. The van der Waals surface area contributed by atoms with Gasteiger partial charge in [0.2, 0.25) is 0 Å². The van der Waals surface area contributed by atoms with E-state index in [-0.39, 0.29) is 5.78 Å². The topological polar surface area (TPSA) is 34.9 Å². The molecule has 2 rings (SSSR count). The molecule has 0 fully saturated rings. The Labute approximate surface area is 77.1 Å². The Morgan fingerprint density at radius 3 is 3.00 bits per heavy atom. The van der Waals surface area contributed by atoms with Gasteiger partial charge in [-0.1, -0.05) is 6.08 Å². The third kappa shape index (κ3) is 1.54. The number of rotatable bonds is 1. The third-order valence-electron chi connectivity index (χ3n) is 2.27. The molecule has 0 aliphatic heterocycles. The Morgan fingerprint density at radius 1 is 1.54 bits per heavy atom. The van der Waals surface area contributed by atoms with Crippen molar-refractivity contribution < 1.29 is 4.79 Å². The fraction of sp³-hybridized carbons (Fsp3) is 0.400. The van der Waals surface area contributed by atoms with Crippen LogP contribution in [0.2, 0.25) is 0 Å². The van der Waals surface area contributed by atoms with Crippen molar-refractivity contribution in [2.75, 3.05) is 0 Å². The van der Waals surface area contributed by atoms with Crippen LogP contribution in [0.1, 0.15) is 24.8 Å². The van der Waals surface area contributed by atoms with Crippen LogP contribution in [0.15, 0.2) is 18.5 Å². The lowest BCUT2D eigenvalue weighted by Gasteiger charge is -2.08. The molecule has 0 aromatic carbocycles. The summed E-state index contributed by atoms with van der Waals surface area (Å²) >= 11 is 0. The van der Waals surface area contributed by atoms with Gasteiger partial charge in [0.15, 0.2) is 5.78 Å². The molecule has 0 N–H and O–H groups in total. The summed E-state index contributed by atoms with van der Waals surface area (Å²) in [6.45, 7) is 0. The Kier molecular flexibility index (Phi) is 2.00. The fourth-order valence-corrected chi connectivity index (χ4v) is 1.60. The van der Waals surface area contributed by atoms with Crippen LogP contribution >= 0.6 is 0 Å². The molecule has 0 bridgehead atoms. The SMILES string of the molecule is Cn1cc(C2=CCCCC2=O)cn1. The third-order valence-corrected chi connectivity index (χ3v) is 2.27. The molecule has 0 radical (unpaired) electrons. The number of allylic oxidation sites excluding steroid dienone is 2. The summed E-state index contributed by atoms with van der Waals surface area (Å²) in [4.78, 5) is 11.5. The zero-order chi connectivity index (χ0) is 9.26. The molecule has 1 aromatic heterocycles. The van der Waals surface area contributed by atoms with Gasteiger partial charge in [-0.3, -0.25) is 9.48 Å². The Balaban J connectivity index is 2.34. The van der Waals surface area contributed by atoms with Gasteiger partial charge in [0.05, 0.1) is 6.20 Å². The average molecular weight is 176 g/mol. The van der Waals surface area contributed by atoms with E-state index in [2.05, 4.69) is 5.10 Å². The standard InChI is InChI=1S/C10H12N2O/c1-12-7-8(6-11-12)9-4-2-3-5-10(9)13/h4,6-7H,2-3,5H2,1H3. The van der Waals surface area contributed by atoms with Gasteiger partial charge in [-0.05, 0) is 12.8 Å². The first kappa shape index (κ1) is 8.23. The predicted octanol–water partition coefficient (Wildman–Crippen LogP) is 1.56. The van der Waals surface area contributed by atoms with Crippen LogP contribution in [0.4, 0.5) is 0 Å². The van der Waals surface area contributed by atoms with E-state index in [0.29, 0.717) is 6.42 Å². The summed E-state index contributed by atoms with van der Waals surface area (Å²) < 4.78 is 1.72. The highest BCUT2D eigenvalue weighted by Gasteiger charge is 2.15. The summed E-state index contributed by atoms with van der Waals surface area (Å²) in [5, 5.41) is 4.05. The highest BCUT2D eigenvalue weighted by atomic mass is 16.1. The lowest BCUT2D eigenvalue weighted by atomic mass is 9.94. The first-order chi connectivity index (χ1) is 6.27. The molecule has 0 saturated carbocycles. The molecular weight excluding hydrogens is 164 g/mol. The maximum atomic E-state index is 11.5. The first-order valence-electron chi connectivity index (χ1n) is 4.50. The van der Waals surface area contributed by atoms with Gasteiger partial charge in [0, 0.05) is 30.8 Å². The molecule has 0 amide bonds. The van der Waals surface area contributed by atoms with Gasteiger partial charge >= 0.3 is 0 Å². The predicted molar refractivity (Wildman–Crippen MR) is 50.0 cm³/mol. The zero-order valence-corrected chi connectivity index (χ0v) is 7.66. The maximum absolute atomic E-state index is 11.5. The van der Waals surface area contributed by atoms with Crippen LogP contribution in [0, 0.1) is 0 Å². The summed E-state index contributed by atoms with van der Waals surface area (Å²) in [6.07, 6.45) is 8.33. The van der Waals surface area contributed by atoms with Crippen molar-refractivity contribution in [2.45, 2.75) is 19.3 Å². The van der Waals surface area contributed by atoms with Crippen LogP contribution in [0.25, 0.3) is 5.57 Å². The van der Waals surface area contributed by atoms with E-state index in [4.69, 9.17) is 0 Å². The first-order valence-corrected chi connectivity index (χ1v) is 4.50. The number of carbonyl (C=O) groups is 1. The highest BCUT2D eigenvalue weighted by molar-refractivity contribution is 6.21.